The predicted octanol–water partition coefficient (Wildman–Crippen LogP) is 4.62. The molecular formula is C25H27F2N5O3S. The number of alkyl halides is 2. The summed E-state index contributed by atoms with van der Waals surface area (Å²) in [5.74, 6) is 0. The molecule has 0 unspecified atom stereocenters. The first kappa shape index (κ1) is 24.2. The zero-order valence-corrected chi connectivity index (χ0v) is 20.6. The summed E-state index contributed by atoms with van der Waals surface area (Å²) < 4.78 is 56.2. The van der Waals surface area contributed by atoms with Gasteiger partial charge in [0.1, 0.15) is 0 Å². The van der Waals surface area contributed by atoms with Crippen LogP contribution < -0.4 is 9.62 Å². The van der Waals surface area contributed by atoms with Crippen LogP contribution in [-0.2, 0) is 22.0 Å². The van der Waals surface area contributed by atoms with Crippen molar-refractivity contribution in [2.24, 2.45) is 0 Å². The first-order chi connectivity index (χ1) is 17.2. The Hall–Kier alpha value is -3.47. The number of amides is 2. The largest absolute Gasteiger partial charge is 0.324 e. The molecular weight excluding hydrogens is 488 g/mol. The number of nitrogens with zero attached hydrogens (tertiary/aromatic N) is 4. The molecule has 1 fully saturated rings. The fourth-order valence-corrected chi connectivity index (χ4v) is 6.65. The Balaban J connectivity index is 1.35. The number of sulfonamides is 1. The van der Waals surface area contributed by atoms with Crippen LogP contribution >= 0.6 is 0 Å². The van der Waals surface area contributed by atoms with E-state index in [2.05, 4.69) is 10.4 Å². The molecule has 36 heavy (non-hydrogen) atoms. The van der Waals surface area contributed by atoms with Crippen molar-refractivity contribution in [1.82, 2.24) is 14.7 Å². The molecule has 0 atom stereocenters. The van der Waals surface area contributed by atoms with E-state index in [4.69, 9.17) is 0 Å². The number of rotatable bonds is 5. The van der Waals surface area contributed by atoms with E-state index in [1.54, 1.807) is 34.1 Å². The smallest absolute Gasteiger partial charge is 0.321 e. The number of anilines is 2. The molecule has 0 bridgehead atoms. The Morgan fingerprint density at radius 2 is 1.81 bits per heavy atom. The second kappa shape index (κ2) is 9.20. The number of urea groups is 1. The predicted molar refractivity (Wildman–Crippen MR) is 132 cm³/mol. The molecule has 190 valence electrons. The van der Waals surface area contributed by atoms with Gasteiger partial charge in [0.25, 0.3) is 16.4 Å². The molecule has 3 heterocycles. The molecule has 2 aliphatic heterocycles. The van der Waals surface area contributed by atoms with Crippen LogP contribution in [0.5, 0.6) is 0 Å². The van der Waals surface area contributed by atoms with Crippen LogP contribution in [0.3, 0.4) is 0 Å². The van der Waals surface area contributed by atoms with Crippen molar-refractivity contribution in [3.05, 3.63) is 72.1 Å². The lowest BCUT2D eigenvalue weighted by Gasteiger charge is -2.39. The highest BCUT2D eigenvalue weighted by Gasteiger charge is 2.48. The van der Waals surface area contributed by atoms with Gasteiger partial charge in [-0.15, -0.1) is 0 Å². The maximum absolute atomic E-state index is 13.6. The minimum absolute atomic E-state index is 0.0248. The fraction of sp³-hybridized carbons (Fsp3) is 0.360. The van der Waals surface area contributed by atoms with Crippen molar-refractivity contribution in [3.8, 4) is 0 Å². The van der Waals surface area contributed by atoms with Crippen molar-refractivity contribution in [3.63, 3.8) is 0 Å². The van der Waals surface area contributed by atoms with E-state index in [9.17, 15) is 22.0 Å². The van der Waals surface area contributed by atoms with Gasteiger partial charge in [0.15, 0.2) is 0 Å². The van der Waals surface area contributed by atoms with Crippen molar-refractivity contribution in [2.75, 3.05) is 29.3 Å². The second-order valence-corrected chi connectivity index (χ2v) is 11.0. The molecule has 1 saturated heterocycles. The van der Waals surface area contributed by atoms with Gasteiger partial charge in [-0.1, -0.05) is 30.3 Å². The summed E-state index contributed by atoms with van der Waals surface area (Å²) in [5, 5.41) is 7.04. The summed E-state index contributed by atoms with van der Waals surface area (Å²) in [6.45, 7) is 3.85. The van der Waals surface area contributed by atoms with Crippen LogP contribution in [0, 0.1) is 0 Å². The number of hydrogen-bond donors (Lipinski definition) is 1. The second-order valence-electron chi connectivity index (χ2n) is 9.18. The highest BCUT2D eigenvalue weighted by molar-refractivity contribution is 7.92. The van der Waals surface area contributed by atoms with Gasteiger partial charge in [-0.05, 0) is 43.5 Å². The van der Waals surface area contributed by atoms with Gasteiger partial charge in [-0.2, -0.15) is 5.10 Å². The molecule has 3 aromatic rings. The molecule has 11 heteroatoms. The Morgan fingerprint density at radius 3 is 2.44 bits per heavy atom. The van der Waals surface area contributed by atoms with Gasteiger partial charge in [-0.3, -0.25) is 8.99 Å². The maximum Gasteiger partial charge on any atom is 0.321 e. The zero-order valence-electron chi connectivity index (χ0n) is 19.8. The molecule has 2 amide bonds. The molecule has 0 saturated carbocycles. The number of carbonyl (C=O) groups is 1. The van der Waals surface area contributed by atoms with E-state index >= 15 is 0 Å². The van der Waals surface area contributed by atoms with Crippen molar-refractivity contribution in [2.45, 2.75) is 43.0 Å². The van der Waals surface area contributed by atoms with Crippen LogP contribution in [-0.4, -0.2) is 48.8 Å². The van der Waals surface area contributed by atoms with E-state index < -0.39 is 21.9 Å². The number of piperidine rings is 1. The molecule has 0 aliphatic carbocycles. The lowest BCUT2D eigenvalue weighted by atomic mass is 9.74. The fourth-order valence-electron chi connectivity index (χ4n) is 5.08. The summed E-state index contributed by atoms with van der Waals surface area (Å²) >= 11 is 0. The number of aromatic nitrogens is 2. The van der Waals surface area contributed by atoms with Crippen molar-refractivity contribution >= 4 is 27.4 Å². The number of aryl methyl sites for hydroxylation is 1. The number of likely N-dealkylation sites (tertiary alicyclic amines) is 1. The highest BCUT2D eigenvalue weighted by atomic mass is 32.2. The Bertz CT molecular complexity index is 1370. The minimum atomic E-state index is -3.95. The first-order valence-corrected chi connectivity index (χ1v) is 13.3. The molecule has 1 aromatic heterocycles. The van der Waals surface area contributed by atoms with Crippen molar-refractivity contribution < 1.29 is 22.0 Å². The summed E-state index contributed by atoms with van der Waals surface area (Å²) in [7, 11) is -3.95. The van der Waals surface area contributed by atoms with Gasteiger partial charge >= 0.3 is 6.03 Å². The van der Waals surface area contributed by atoms with Gasteiger partial charge in [0, 0.05) is 43.4 Å². The van der Waals surface area contributed by atoms with Crippen LogP contribution in [0.2, 0.25) is 0 Å². The topological polar surface area (TPSA) is 87.5 Å². The number of halogens is 2. The molecule has 1 N–H and O–H groups in total. The molecule has 2 aliphatic rings. The van der Waals surface area contributed by atoms with Crippen LogP contribution in [0.15, 0.2) is 65.8 Å². The van der Waals surface area contributed by atoms with Gasteiger partial charge < -0.3 is 10.2 Å². The van der Waals surface area contributed by atoms with Gasteiger partial charge in [0.05, 0.1) is 22.5 Å². The van der Waals surface area contributed by atoms with Crippen LogP contribution in [0.25, 0.3) is 0 Å². The van der Waals surface area contributed by atoms with E-state index in [1.165, 1.54) is 16.4 Å². The third-order valence-electron chi connectivity index (χ3n) is 7.13. The Morgan fingerprint density at radius 1 is 1.11 bits per heavy atom. The number of fused-ring (bicyclic) bond motifs is 2. The minimum Gasteiger partial charge on any atom is -0.324 e. The van der Waals surface area contributed by atoms with Crippen molar-refractivity contribution in [1.29, 1.82) is 0 Å². The summed E-state index contributed by atoms with van der Waals surface area (Å²) in [4.78, 5) is 14.5. The normalized spacial score (nSPS) is 17.0. The monoisotopic (exact) mass is 515 g/mol. The molecule has 1 spiro atoms. The summed E-state index contributed by atoms with van der Waals surface area (Å²) in [6.07, 6.45) is 1.91. The molecule has 5 rings (SSSR count). The average Bonchev–Trinajstić information content (AvgIpc) is 3.47. The molecule has 8 nitrogen and oxygen atoms in total. The molecule has 0 radical (unpaired) electrons. The zero-order chi connectivity index (χ0) is 25.5. The lowest BCUT2D eigenvalue weighted by Crippen LogP contribution is -2.48. The van der Waals surface area contributed by atoms with E-state index in [0.717, 1.165) is 17.7 Å². The van der Waals surface area contributed by atoms with Gasteiger partial charge in [-0.25, -0.2) is 22.0 Å². The van der Waals surface area contributed by atoms with Crippen LogP contribution in [0.1, 0.15) is 37.3 Å². The Labute approximate surface area is 208 Å². The van der Waals surface area contributed by atoms with E-state index in [0.29, 0.717) is 43.9 Å². The number of nitrogens with one attached hydrogen (secondary N) is 1. The third kappa shape index (κ3) is 4.21. The number of para-hydroxylation sites is 1. The Kier molecular flexibility index (Phi) is 6.19. The lowest BCUT2D eigenvalue weighted by molar-refractivity contribution is 0.151. The quantitative estimate of drug-likeness (QED) is 0.537. The highest BCUT2D eigenvalue weighted by Crippen LogP contribution is 2.48. The third-order valence-corrected chi connectivity index (χ3v) is 8.90. The molecule has 2 aromatic carbocycles. The maximum atomic E-state index is 13.6. The van der Waals surface area contributed by atoms with Crippen LogP contribution in [0.4, 0.5) is 25.0 Å². The van der Waals surface area contributed by atoms with E-state index in [-0.39, 0.29) is 23.0 Å². The number of carbonyl (C=O) groups excluding carboxylic acids is 1. The SMILES string of the molecule is CCn1cc(NC(=O)N2CCC3(CC2)CN(S(=O)(=O)c2ccc(C(F)F)cc2)c2ccccc23)cn1. The summed E-state index contributed by atoms with van der Waals surface area (Å²) in [5.41, 5.74) is 1.50. The number of hydrogen-bond acceptors (Lipinski definition) is 4. The van der Waals surface area contributed by atoms with Gasteiger partial charge in [0.2, 0.25) is 0 Å². The summed E-state index contributed by atoms with van der Waals surface area (Å²) in [6, 6.07) is 12.0. The van der Waals surface area contributed by atoms with E-state index in [1.807, 2.05) is 19.1 Å². The average molecular weight is 516 g/mol. The first-order valence-electron chi connectivity index (χ1n) is 11.8. The number of benzene rings is 2. The standard InChI is InChI=1S/C25H27F2N5O3S/c1-2-31-16-19(15-28-31)29-24(33)30-13-11-25(12-14-30)17-32(22-6-4-3-5-21(22)25)36(34,35)20-9-7-18(8-10-20)23(26)27/h3-10,15-16,23H,2,11-14,17H2,1H3,(H,29,33).